The molecule has 3 nitrogen and oxygen atoms in total. The fourth-order valence-corrected chi connectivity index (χ4v) is 3.77. The number of hydrogen-bond donors (Lipinski definition) is 0. The Bertz CT molecular complexity index is 627. The smallest absolute Gasteiger partial charge is 0.264 e. The van der Waals surface area contributed by atoms with E-state index in [1.165, 1.54) is 16.0 Å². The van der Waals surface area contributed by atoms with Crippen LogP contribution >= 0.6 is 11.3 Å². The molecular weight excluding hydrogens is 280 g/mol. The second-order valence-electron chi connectivity index (χ2n) is 5.58. The fourth-order valence-electron chi connectivity index (χ4n) is 2.63. The third kappa shape index (κ3) is 3.01. The number of nitrogens with zero attached hydrogens (tertiary/aromatic N) is 2. The quantitative estimate of drug-likeness (QED) is 0.851. The summed E-state index contributed by atoms with van der Waals surface area (Å²) < 4.78 is 0. The molecule has 1 aliphatic heterocycles. The summed E-state index contributed by atoms with van der Waals surface area (Å²) in [5, 5.41) is 0. The number of carbonyl (C=O) groups is 1. The lowest BCUT2D eigenvalue weighted by molar-refractivity contribution is 0.0669. The Balaban J connectivity index is 1.82. The third-order valence-corrected chi connectivity index (χ3v) is 5.23. The van der Waals surface area contributed by atoms with Crippen molar-refractivity contribution in [2.24, 2.45) is 0 Å². The maximum Gasteiger partial charge on any atom is 0.264 e. The number of hydrogen-bond acceptors (Lipinski definition) is 3. The summed E-state index contributed by atoms with van der Waals surface area (Å²) in [6, 6.07) is 12.3. The molecular formula is C17H20N2OS. The predicted octanol–water partition coefficient (Wildman–Crippen LogP) is 3.11. The summed E-state index contributed by atoms with van der Waals surface area (Å²) in [7, 11) is 2.10. The zero-order chi connectivity index (χ0) is 14.8. The van der Waals surface area contributed by atoms with Crippen molar-refractivity contribution in [1.82, 2.24) is 9.80 Å². The topological polar surface area (TPSA) is 23.6 Å². The molecule has 0 atom stereocenters. The predicted molar refractivity (Wildman–Crippen MR) is 87.9 cm³/mol. The molecule has 1 amide bonds. The molecule has 1 aliphatic rings. The zero-order valence-corrected chi connectivity index (χ0v) is 13.3. The first-order chi connectivity index (χ1) is 10.1. The van der Waals surface area contributed by atoms with Crippen LogP contribution in [0.1, 0.15) is 15.2 Å². The summed E-state index contributed by atoms with van der Waals surface area (Å²) in [6.45, 7) is 5.66. The number of rotatable bonds is 2. The first kappa shape index (κ1) is 14.3. The fraction of sp³-hybridized carbons (Fsp3) is 0.353. The summed E-state index contributed by atoms with van der Waals surface area (Å²) in [4.78, 5) is 18.9. The molecule has 0 unspecified atom stereocenters. The van der Waals surface area contributed by atoms with E-state index in [1.807, 2.05) is 29.2 Å². The van der Waals surface area contributed by atoms with E-state index in [0.717, 1.165) is 31.1 Å². The summed E-state index contributed by atoms with van der Waals surface area (Å²) in [5.74, 6) is 0.179. The van der Waals surface area contributed by atoms with Gasteiger partial charge in [0.1, 0.15) is 0 Å². The van der Waals surface area contributed by atoms with Crippen LogP contribution in [0.5, 0.6) is 0 Å². The molecule has 0 saturated carbocycles. The zero-order valence-electron chi connectivity index (χ0n) is 12.5. The number of piperazine rings is 1. The second-order valence-corrected chi connectivity index (χ2v) is 6.64. The molecule has 0 aliphatic carbocycles. The van der Waals surface area contributed by atoms with Gasteiger partial charge >= 0.3 is 0 Å². The molecule has 2 aromatic rings. The van der Waals surface area contributed by atoms with Gasteiger partial charge in [-0.1, -0.05) is 30.3 Å². The minimum absolute atomic E-state index is 0.179. The van der Waals surface area contributed by atoms with Crippen molar-refractivity contribution in [1.29, 1.82) is 0 Å². The van der Waals surface area contributed by atoms with Crippen LogP contribution in [0, 0.1) is 6.92 Å². The van der Waals surface area contributed by atoms with Gasteiger partial charge in [0, 0.05) is 31.1 Å². The van der Waals surface area contributed by atoms with Crippen molar-refractivity contribution >= 4 is 17.2 Å². The molecule has 1 aromatic heterocycles. The SMILES string of the molecule is Cc1cc(C(=O)N2CCN(C)CC2)sc1-c1ccccc1. The Morgan fingerprint density at radius 2 is 1.76 bits per heavy atom. The first-order valence-electron chi connectivity index (χ1n) is 7.29. The van der Waals surface area contributed by atoms with Gasteiger partial charge in [0.05, 0.1) is 4.88 Å². The lowest BCUT2D eigenvalue weighted by atomic mass is 10.1. The van der Waals surface area contributed by atoms with E-state index in [2.05, 4.69) is 31.0 Å². The van der Waals surface area contributed by atoms with Crippen molar-refractivity contribution < 1.29 is 4.79 Å². The lowest BCUT2D eigenvalue weighted by Crippen LogP contribution is -2.46. The van der Waals surface area contributed by atoms with Crippen molar-refractivity contribution in [2.75, 3.05) is 33.2 Å². The number of thiophene rings is 1. The van der Waals surface area contributed by atoms with Gasteiger partial charge in [0.2, 0.25) is 0 Å². The highest BCUT2D eigenvalue weighted by Crippen LogP contribution is 2.32. The molecule has 1 aromatic carbocycles. The molecule has 2 heterocycles. The molecule has 1 fully saturated rings. The van der Waals surface area contributed by atoms with Gasteiger partial charge in [-0.15, -0.1) is 11.3 Å². The number of amides is 1. The van der Waals surface area contributed by atoms with E-state index >= 15 is 0 Å². The van der Waals surface area contributed by atoms with Gasteiger partial charge in [-0.25, -0.2) is 0 Å². The van der Waals surface area contributed by atoms with Crippen LogP contribution in [0.15, 0.2) is 36.4 Å². The molecule has 4 heteroatoms. The number of likely N-dealkylation sites (N-methyl/N-ethyl adjacent to an activating group) is 1. The van der Waals surface area contributed by atoms with Crippen molar-refractivity contribution in [3.8, 4) is 10.4 Å². The minimum Gasteiger partial charge on any atom is -0.335 e. The van der Waals surface area contributed by atoms with Gasteiger partial charge in [-0.05, 0) is 31.2 Å². The maximum absolute atomic E-state index is 12.6. The van der Waals surface area contributed by atoms with E-state index in [9.17, 15) is 4.79 Å². The monoisotopic (exact) mass is 300 g/mol. The van der Waals surface area contributed by atoms with Crippen molar-refractivity contribution in [3.05, 3.63) is 46.8 Å². The first-order valence-corrected chi connectivity index (χ1v) is 8.10. The van der Waals surface area contributed by atoms with Crippen LogP contribution < -0.4 is 0 Å². The highest BCUT2D eigenvalue weighted by atomic mass is 32.1. The lowest BCUT2D eigenvalue weighted by Gasteiger charge is -2.32. The van der Waals surface area contributed by atoms with Crippen LogP contribution in [0.4, 0.5) is 0 Å². The van der Waals surface area contributed by atoms with Crippen LogP contribution in [-0.4, -0.2) is 48.9 Å². The van der Waals surface area contributed by atoms with Gasteiger partial charge in [-0.3, -0.25) is 4.79 Å². The van der Waals surface area contributed by atoms with E-state index in [-0.39, 0.29) is 5.91 Å². The van der Waals surface area contributed by atoms with Gasteiger partial charge in [0.25, 0.3) is 5.91 Å². The Morgan fingerprint density at radius 1 is 1.10 bits per heavy atom. The van der Waals surface area contributed by atoms with Crippen LogP contribution in [0.3, 0.4) is 0 Å². The number of carbonyl (C=O) groups excluding carboxylic acids is 1. The molecule has 1 saturated heterocycles. The maximum atomic E-state index is 12.6. The minimum atomic E-state index is 0.179. The molecule has 0 bridgehead atoms. The summed E-state index contributed by atoms with van der Waals surface area (Å²) in [6.07, 6.45) is 0. The highest BCUT2D eigenvalue weighted by Gasteiger charge is 2.22. The number of benzene rings is 1. The molecule has 21 heavy (non-hydrogen) atoms. The number of aryl methyl sites for hydroxylation is 1. The molecule has 0 N–H and O–H groups in total. The van der Waals surface area contributed by atoms with Crippen LogP contribution in [0.2, 0.25) is 0 Å². The Hall–Kier alpha value is -1.65. The summed E-state index contributed by atoms with van der Waals surface area (Å²) >= 11 is 1.61. The molecule has 0 spiro atoms. The highest BCUT2D eigenvalue weighted by molar-refractivity contribution is 7.17. The largest absolute Gasteiger partial charge is 0.335 e. The molecule has 0 radical (unpaired) electrons. The van der Waals surface area contributed by atoms with E-state index in [0.29, 0.717) is 0 Å². The molecule has 110 valence electrons. The second kappa shape index (κ2) is 6.00. The van der Waals surface area contributed by atoms with Crippen LogP contribution in [-0.2, 0) is 0 Å². The molecule has 3 rings (SSSR count). The Labute approximate surface area is 129 Å². The Morgan fingerprint density at radius 3 is 2.43 bits per heavy atom. The summed E-state index contributed by atoms with van der Waals surface area (Å²) in [5.41, 5.74) is 2.38. The van der Waals surface area contributed by atoms with Gasteiger partial charge in [0.15, 0.2) is 0 Å². The van der Waals surface area contributed by atoms with Gasteiger partial charge < -0.3 is 9.80 Å². The normalized spacial score (nSPS) is 16.2. The van der Waals surface area contributed by atoms with E-state index in [4.69, 9.17) is 0 Å². The van der Waals surface area contributed by atoms with Crippen molar-refractivity contribution in [3.63, 3.8) is 0 Å². The third-order valence-electron chi connectivity index (χ3n) is 3.96. The standard InChI is InChI=1S/C17H20N2OS/c1-13-12-15(17(20)19-10-8-18(2)9-11-19)21-16(13)14-6-4-3-5-7-14/h3-7,12H,8-11H2,1-2H3. The van der Waals surface area contributed by atoms with Crippen molar-refractivity contribution in [2.45, 2.75) is 6.92 Å². The van der Waals surface area contributed by atoms with E-state index in [1.54, 1.807) is 11.3 Å². The van der Waals surface area contributed by atoms with Crippen LogP contribution in [0.25, 0.3) is 10.4 Å². The average Bonchev–Trinajstić information content (AvgIpc) is 2.90. The van der Waals surface area contributed by atoms with Gasteiger partial charge in [-0.2, -0.15) is 0 Å². The average molecular weight is 300 g/mol. The van der Waals surface area contributed by atoms with E-state index < -0.39 is 0 Å². The Kier molecular flexibility index (Phi) is 4.08.